The molecule has 0 aromatic heterocycles. The fourth-order valence-electron chi connectivity index (χ4n) is 4.45. The third-order valence-corrected chi connectivity index (χ3v) is 6.51. The van der Waals surface area contributed by atoms with Crippen LogP contribution in [0.25, 0.3) is 0 Å². The van der Waals surface area contributed by atoms with Crippen LogP contribution in [0.2, 0.25) is 0 Å². The second-order valence-electron chi connectivity index (χ2n) is 8.34. The van der Waals surface area contributed by atoms with Crippen molar-refractivity contribution in [2.45, 2.75) is 31.8 Å². The Morgan fingerprint density at radius 3 is 2.63 bits per heavy atom. The molecule has 1 aromatic carbocycles. The van der Waals surface area contributed by atoms with Crippen molar-refractivity contribution in [1.29, 1.82) is 0 Å². The van der Waals surface area contributed by atoms with Gasteiger partial charge in [-0.3, -0.25) is 14.4 Å². The van der Waals surface area contributed by atoms with Crippen LogP contribution < -0.4 is 10.1 Å². The maximum atomic E-state index is 12.8. The van der Waals surface area contributed by atoms with E-state index >= 15 is 0 Å². The molecule has 0 radical (unpaired) electrons. The Morgan fingerprint density at radius 2 is 1.87 bits per heavy atom. The fraction of sp³-hybridized carbons (Fsp3) is 0.591. The second-order valence-corrected chi connectivity index (χ2v) is 8.34. The summed E-state index contributed by atoms with van der Waals surface area (Å²) in [5, 5.41) is 2.95. The summed E-state index contributed by atoms with van der Waals surface area (Å²) in [7, 11) is 0. The summed E-state index contributed by atoms with van der Waals surface area (Å²) >= 11 is 0. The maximum absolute atomic E-state index is 12.8. The molecule has 1 atom stereocenters. The highest BCUT2D eigenvalue weighted by Crippen LogP contribution is 2.33. The number of benzene rings is 1. The van der Waals surface area contributed by atoms with Gasteiger partial charge >= 0.3 is 0 Å². The molecule has 3 aliphatic heterocycles. The Morgan fingerprint density at radius 1 is 1.10 bits per heavy atom. The number of hydrogen-bond acceptors (Lipinski definition) is 5. The molecule has 162 valence electrons. The van der Waals surface area contributed by atoms with Gasteiger partial charge in [0.25, 0.3) is 5.91 Å². The van der Waals surface area contributed by atoms with Crippen molar-refractivity contribution in [3.63, 3.8) is 0 Å². The zero-order valence-corrected chi connectivity index (χ0v) is 17.6. The topological polar surface area (TPSA) is 82.2 Å². The molecule has 4 rings (SSSR count). The van der Waals surface area contributed by atoms with Crippen LogP contribution in [0.5, 0.6) is 5.75 Å². The Balaban J connectivity index is 1.41. The van der Waals surface area contributed by atoms with Crippen molar-refractivity contribution >= 4 is 17.7 Å². The van der Waals surface area contributed by atoms with Gasteiger partial charge in [0.2, 0.25) is 11.8 Å². The predicted octanol–water partition coefficient (Wildman–Crippen LogP) is 0.724. The van der Waals surface area contributed by atoms with E-state index in [4.69, 9.17) is 4.74 Å². The van der Waals surface area contributed by atoms with Gasteiger partial charge in [-0.25, -0.2) is 0 Å². The summed E-state index contributed by atoms with van der Waals surface area (Å²) < 4.78 is 6.31. The van der Waals surface area contributed by atoms with E-state index in [-0.39, 0.29) is 24.3 Å². The lowest BCUT2D eigenvalue weighted by molar-refractivity contribution is -0.141. The van der Waals surface area contributed by atoms with Gasteiger partial charge in [0.05, 0.1) is 18.7 Å². The van der Waals surface area contributed by atoms with Crippen molar-refractivity contribution in [3.8, 4) is 5.75 Å². The minimum atomic E-state index is -0.636. The van der Waals surface area contributed by atoms with Crippen LogP contribution in [0.4, 0.5) is 0 Å². The third-order valence-electron chi connectivity index (χ3n) is 6.51. The quantitative estimate of drug-likeness (QED) is 0.788. The van der Waals surface area contributed by atoms with E-state index < -0.39 is 5.60 Å². The number of nitrogens with zero attached hydrogens (tertiary/aromatic N) is 3. The molecule has 1 spiro atoms. The number of ether oxygens (including phenoxy) is 1. The van der Waals surface area contributed by atoms with E-state index in [2.05, 4.69) is 17.1 Å². The Hall–Kier alpha value is -2.61. The van der Waals surface area contributed by atoms with E-state index in [0.29, 0.717) is 56.8 Å². The SMILES string of the molecule is CCN1CCN(C(=O)CN2CCC3(CCC2=O)CNC(=O)c2ccccc2O3)CC1. The average molecular weight is 415 g/mol. The first-order chi connectivity index (χ1) is 14.5. The predicted molar refractivity (Wildman–Crippen MR) is 111 cm³/mol. The monoisotopic (exact) mass is 414 g/mol. The van der Waals surface area contributed by atoms with Crippen LogP contribution in [0.3, 0.4) is 0 Å². The fourth-order valence-corrected chi connectivity index (χ4v) is 4.45. The number of carbonyl (C=O) groups is 3. The first kappa shape index (κ1) is 20.7. The molecule has 2 fully saturated rings. The highest BCUT2D eigenvalue weighted by atomic mass is 16.5. The van der Waals surface area contributed by atoms with Crippen molar-refractivity contribution in [2.75, 3.05) is 52.4 Å². The summed E-state index contributed by atoms with van der Waals surface area (Å²) in [6, 6.07) is 7.20. The smallest absolute Gasteiger partial charge is 0.255 e. The first-order valence-corrected chi connectivity index (χ1v) is 10.8. The minimum Gasteiger partial charge on any atom is -0.485 e. The normalized spacial score (nSPS) is 25.2. The third kappa shape index (κ3) is 4.28. The van der Waals surface area contributed by atoms with Crippen molar-refractivity contribution in [2.24, 2.45) is 0 Å². The van der Waals surface area contributed by atoms with E-state index in [9.17, 15) is 14.4 Å². The first-order valence-electron chi connectivity index (χ1n) is 10.8. The molecule has 3 heterocycles. The van der Waals surface area contributed by atoms with Crippen LogP contribution in [-0.4, -0.2) is 90.4 Å². The molecule has 8 nitrogen and oxygen atoms in total. The van der Waals surface area contributed by atoms with Crippen molar-refractivity contribution < 1.29 is 19.1 Å². The van der Waals surface area contributed by atoms with E-state index in [0.717, 1.165) is 19.6 Å². The van der Waals surface area contributed by atoms with Gasteiger partial charge in [-0.15, -0.1) is 0 Å². The number of piperazine rings is 1. The zero-order chi connectivity index (χ0) is 21.1. The maximum Gasteiger partial charge on any atom is 0.255 e. The summed E-state index contributed by atoms with van der Waals surface area (Å²) in [5.74, 6) is 0.380. The van der Waals surface area contributed by atoms with E-state index in [1.807, 2.05) is 17.0 Å². The van der Waals surface area contributed by atoms with Crippen molar-refractivity contribution in [1.82, 2.24) is 20.0 Å². The lowest BCUT2D eigenvalue weighted by atomic mass is 9.94. The standard InChI is InChI=1S/C22H30N4O4/c1-2-24-11-13-25(14-12-24)20(28)15-26-10-9-22(8-7-19(26)27)16-23-21(29)17-5-3-4-6-18(17)30-22/h3-6H,2,7-16H2,1H3,(H,23,29). The van der Waals surface area contributed by atoms with Gasteiger partial charge in [-0.2, -0.15) is 0 Å². The number of fused-ring (bicyclic) bond motifs is 1. The average Bonchev–Trinajstić information content (AvgIpc) is 3.01. The van der Waals surface area contributed by atoms with Crippen LogP contribution >= 0.6 is 0 Å². The molecule has 3 aliphatic rings. The molecule has 30 heavy (non-hydrogen) atoms. The van der Waals surface area contributed by atoms with E-state index in [1.54, 1.807) is 17.0 Å². The lowest BCUT2D eigenvalue weighted by Gasteiger charge is -2.35. The van der Waals surface area contributed by atoms with E-state index in [1.165, 1.54) is 0 Å². The lowest BCUT2D eigenvalue weighted by Crippen LogP contribution is -2.51. The van der Waals surface area contributed by atoms with Gasteiger partial charge in [-0.1, -0.05) is 19.1 Å². The number of amides is 3. The van der Waals surface area contributed by atoms with Gasteiger partial charge in [0, 0.05) is 45.6 Å². The molecular weight excluding hydrogens is 384 g/mol. The Labute approximate surface area is 177 Å². The number of likely N-dealkylation sites (tertiary alicyclic amines) is 1. The van der Waals surface area contributed by atoms with Gasteiger partial charge in [-0.05, 0) is 25.1 Å². The summed E-state index contributed by atoms with van der Waals surface area (Å²) in [6.07, 6.45) is 1.39. The Bertz CT molecular complexity index is 821. The molecule has 1 unspecified atom stereocenters. The highest BCUT2D eigenvalue weighted by Gasteiger charge is 2.40. The molecule has 0 aliphatic carbocycles. The van der Waals surface area contributed by atoms with Gasteiger partial charge < -0.3 is 24.8 Å². The molecule has 1 N–H and O–H groups in total. The molecule has 1 aromatic rings. The molecule has 0 saturated carbocycles. The highest BCUT2D eigenvalue weighted by molar-refractivity contribution is 5.97. The minimum absolute atomic E-state index is 0.00971. The van der Waals surface area contributed by atoms with Crippen LogP contribution in [0.15, 0.2) is 24.3 Å². The molecule has 2 saturated heterocycles. The number of para-hydroxylation sites is 1. The van der Waals surface area contributed by atoms with Crippen molar-refractivity contribution in [3.05, 3.63) is 29.8 Å². The second kappa shape index (κ2) is 8.63. The van der Waals surface area contributed by atoms with Gasteiger partial charge in [0.1, 0.15) is 11.4 Å². The number of rotatable bonds is 3. The van der Waals surface area contributed by atoms with Crippen LogP contribution in [0, 0.1) is 0 Å². The van der Waals surface area contributed by atoms with Gasteiger partial charge in [0.15, 0.2) is 0 Å². The summed E-state index contributed by atoms with van der Waals surface area (Å²) in [5.41, 5.74) is -0.120. The summed E-state index contributed by atoms with van der Waals surface area (Å²) in [4.78, 5) is 43.8. The number of likely N-dealkylation sites (N-methyl/N-ethyl adjacent to an activating group) is 1. The molecule has 0 bridgehead atoms. The largest absolute Gasteiger partial charge is 0.485 e. The number of carbonyl (C=O) groups excluding carboxylic acids is 3. The molecule has 3 amide bonds. The molecule has 8 heteroatoms. The van der Waals surface area contributed by atoms with Crippen LogP contribution in [0.1, 0.15) is 36.5 Å². The molecular formula is C22H30N4O4. The number of nitrogens with one attached hydrogen (secondary N) is 1. The number of hydrogen-bond donors (Lipinski definition) is 1. The Kier molecular flexibility index (Phi) is 5.94. The zero-order valence-electron chi connectivity index (χ0n) is 17.6. The van der Waals surface area contributed by atoms with Crippen LogP contribution in [-0.2, 0) is 9.59 Å². The summed E-state index contributed by atoms with van der Waals surface area (Å²) in [6.45, 7) is 7.22.